The van der Waals surface area contributed by atoms with Crippen molar-refractivity contribution < 1.29 is 4.74 Å². The zero-order valence-corrected chi connectivity index (χ0v) is 6.33. The Morgan fingerprint density at radius 1 is 1.67 bits per heavy atom. The first kappa shape index (κ1) is 11.4. The van der Waals surface area contributed by atoms with Gasteiger partial charge >= 0.3 is 0 Å². The molecule has 0 bridgehead atoms. The summed E-state index contributed by atoms with van der Waals surface area (Å²) in [4.78, 5) is 0. The smallest absolute Gasteiger partial charge is 0.278 e. The highest BCUT2D eigenvalue weighted by atomic mass is 35.5. The van der Waals surface area contributed by atoms with Gasteiger partial charge in [0.15, 0.2) is 0 Å². The molecule has 0 spiro atoms. The van der Waals surface area contributed by atoms with Crippen LogP contribution in [0.25, 0.3) is 0 Å². The number of halogens is 1. The molecule has 4 heteroatoms. The van der Waals surface area contributed by atoms with Crippen LogP contribution in [0.15, 0.2) is 0 Å². The summed E-state index contributed by atoms with van der Waals surface area (Å²) >= 11 is 0. The zero-order valence-electron chi connectivity index (χ0n) is 5.52. The maximum absolute atomic E-state index is 6.63. The van der Waals surface area contributed by atoms with Crippen molar-refractivity contribution in [3.63, 3.8) is 0 Å². The van der Waals surface area contributed by atoms with Crippen molar-refractivity contribution in [2.24, 2.45) is 5.73 Å². The fraction of sp³-hybridized carbons (Fsp3) is 0.800. The van der Waals surface area contributed by atoms with E-state index in [-0.39, 0.29) is 18.4 Å². The topological polar surface area (TPSA) is 59.1 Å². The van der Waals surface area contributed by atoms with E-state index in [0.29, 0.717) is 6.61 Å². The van der Waals surface area contributed by atoms with Crippen molar-refractivity contribution in [3.8, 4) is 0 Å². The van der Waals surface area contributed by atoms with Crippen LogP contribution in [0.1, 0.15) is 19.8 Å². The third-order valence-corrected chi connectivity index (χ3v) is 0.755. The molecule has 0 aliphatic carbocycles. The van der Waals surface area contributed by atoms with Crippen LogP contribution in [0.3, 0.4) is 0 Å². The van der Waals surface area contributed by atoms with Crippen LogP contribution in [0.5, 0.6) is 0 Å². The number of rotatable bonds is 3. The van der Waals surface area contributed by atoms with Crippen molar-refractivity contribution in [2.45, 2.75) is 19.8 Å². The summed E-state index contributed by atoms with van der Waals surface area (Å²) in [6.45, 7) is 2.63. The summed E-state index contributed by atoms with van der Waals surface area (Å²) in [6, 6.07) is -0.182. The summed E-state index contributed by atoms with van der Waals surface area (Å²) < 4.78 is 4.64. The van der Waals surface area contributed by atoms with Crippen LogP contribution in [0.4, 0.5) is 0 Å². The number of hydrogen-bond acceptors (Lipinski definition) is 2. The summed E-state index contributed by atoms with van der Waals surface area (Å²) in [5, 5.41) is 6.63. The molecule has 3 nitrogen and oxygen atoms in total. The molecule has 0 rings (SSSR count). The Morgan fingerprint density at radius 3 is 2.56 bits per heavy atom. The van der Waals surface area contributed by atoms with Gasteiger partial charge in [0, 0.05) is 0 Å². The Kier molecular flexibility index (Phi) is 9.55. The Morgan fingerprint density at radius 2 is 2.22 bits per heavy atom. The van der Waals surface area contributed by atoms with Crippen molar-refractivity contribution in [3.05, 3.63) is 0 Å². The van der Waals surface area contributed by atoms with E-state index in [1.165, 1.54) is 0 Å². The standard InChI is InChI=1S/C5H12N2O.ClH/c1-2-3-4-8-5(6)7;/h2-4H2,1H3,(H3,6,7);1H. The number of amidine groups is 1. The molecule has 0 saturated carbocycles. The average Bonchev–Trinajstić information content (AvgIpc) is 1.66. The minimum Gasteiger partial charge on any atom is -0.466 e. The normalized spacial score (nSPS) is 7.67. The predicted molar refractivity (Wildman–Crippen MR) is 40.0 cm³/mol. The van der Waals surface area contributed by atoms with Gasteiger partial charge in [-0.3, -0.25) is 5.41 Å². The fourth-order valence-corrected chi connectivity index (χ4v) is 0.326. The van der Waals surface area contributed by atoms with E-state index < -0.39 is 0 Å². The van der Waals surface area contributed by atoms with Crippen LogP contribution in [-0.4, -0.2) is 12.6 Å². The van der Waals surface area contributed by atoms with Crippen molar-refractivity contribution in [1.29, 1.82) is 5.41 Å². The maximum atomic E-state index is 6.63. The van der Waals surface area contributed by atoms with Gasteiger partial charge in [-0.2, -0.15) is 0 Å². The molecule has 9 heavy (non-hydrogen) atoms. The zero-order chi connectivity index (χ0) is 6.41. The van der Waals surface area contributed by atoms with Gasteiger partial charge in [0.2, 0.25) is 0 Å². The molecule has 0 radical (unpaired) electrons. The van der Waals surface area contributed by atoms with Crippen molar-refractivity contribution in [1.82, 2.24) is 0 Å². The summed E-state index contributed by atoms with van der Waals surface area (Å²) in [7, 11) is 0. The fourth-order valence-electron chi connectivity index (χ4n) is 0.326. The first-order valence-corrected chi connectivity index (χ1v) is 2.74. The van der Waals surface area contributed by atoms with E-state index in [1.807, 2.05) is 0 Å². The monoisotopic (exact) mass is 152 g/mol. The second-order valence-corrected chi connectivity index (χ2v) is 1.57. The summed E-state index contributed by atoms with van der Waals surface area (Å²) in [5.74, 6) is 0. The van der Waals surface area contributed by atoms with Crippen LogP contribution in [0, 0.1) is 5.41 Å². The Hall–Kier alpha value is -0.440. The highest BCUT2D eigenvalue weighted by molar-refractivity contribution is 5.85. The van der Waals surface area contributed by atoms with Gasteiger partial charge in [-0.25, -0.2) is 0 Å². The molecule has 0 heterocycles. The van der Waals surface area contributed by atoms with Gasteiger partial charge in [-0.1, -0.05) is 13.3 Å². The molecule has 0 aromatic carbocycles. The second kappa shape index (κ2) is 7.56. The molecule has 0 aliphatic heterocycles. The van der Waals surface area contributed by atoms with Crippen LogP contribution < -0.4 is 5.73 Å². The third-order valence-electron chi connectivity index (χ3n) is 0.755. The first-order chi connectivity index (χ1) is 3.77. The summed E-state index contributed by atoms with van der Waals surface area (Å²) in [6.07, 6.45) is 2.05. The molecule has 56 valence electrons. The Labute approximate surface area is 61.5 Å². The highest BCUT2D eigenvalue weighted by Gasteiger charge is 1.85. The molecule has 0 saturated heterocycles. The summed E-state index contributed by atoms with van der Waals surface area (Å²) in [5.41, 5.74) is 4.89. The molecule has 0 aromatic heterocycles. The number of nitrogens with one attached hydrogen (secondary N) is 1. The quantitative estimate of drug-likeness (QED) is 0.362. The predicted octanol–water partition coefficient (Wildman–Crippen LogP) is 1.12. The highest BCUT2D eigenvalue weighted by Crippen LogP contribution is 1.85. The van der Waals surface area contributed by atoms with E-state index in [9.17, 15) is 0 Å². The minimum atomic E-state index is -0.182. The molecule has 0 atom stereocenters. The number of unbranched alkanes of at least 4 members (excludes halogenated alkanes) is 1. The van der Waals surface area contributed by atoms with Gasteiger partial charge in [0.1, 0.15) is 0 Å². The van der Waals surface area contributed by atoms with E-state index in [0.717, 1.165) is 12.8 Å². The van der Waals surface area contributed by atoms with Crippen molar-refractivity contribution in [2.75, 3.05) is 6.61 Å². The first-order valence-electron chi connectivity index (χ1n) is 2.74. The Bertz CT molecular complexity index is 77.4. The lowest BCUT2D eigenvalue weighted by molar-refractivity contribution is 0.289. The largest absolute Gasteiger partial charge is 0.466 e. The molecular formula is C5H13ClN2O. The lowest BCUT2D eigenvalue weighted by Crippen LogP contribution is -2.14. The van der Waals surface area contributed by atoms with Gasteiger partial charge in [0.25, 0.3) is 6.02 Å². The molecule has 3 N–H and O–H groups in total. The lowest BCUT2D eigenvalue weighted by atomic mass is 10.4. The van der Waals surface area contributed by atoms with Crippen LogP contribution in [0.2, 0.25) is 0 Å². The van der Waals surface area contributed by atoms with Gasteiger partial charge < -0.3 is 10.5 Å². The third kappa shape index (κ3) is 11.2. The van der Waals surface area contributed by atoms with E-state index in [1.54, 1.807) is 0 Å². The van der Waals surface area contributed by atoms with E-state index >= 15 is 0 Å². The molecular weight excluding hydrogens is 140 g/mol. The van der Waals surface area contributed by atoms with Gasteiger partial charge in [0.05, 0.1) is 6.61 Å². The van der Waals surface area contributed by atoms with Gasteiger partial charge in [-0.15, -0.1) is 12.4 Å². The number of ether oxygens (including phenoxy) is 1. The van der Waals surface area contributed by atoms with Crippen molar-refractivity contribution >= 4 is 18.4 Å². The molecule has 0 aromatic rings. The van der Waals surface area contributed by atoms with Crippen LogP contribution in [-0.2, 0) is 4.74 Å². The Balaban J connectivity index is 0. The lowest BCUT2D eigenvalue weighted by Gasteiger charge is -1.98. The molecule has 0 fully saturated rings. The second-order valence-electron chi connectivity index (χ2n) is 1.57. The van der Waals surface area contributed by atoms with E-state index in [2.05, 4.69) is 11.7 Å². The SMILES string of the molecule is CCCCOC(=N)N.Cl. The van der Waals surface area contributed by atoms with Gasteiger partial charge in [-0.05, 0) is 6.42 Å². The number of nitrogens with two attached hydrogens (primary N) is 1. The molecule has 0 unspecified atom stereocenters. The number of hydrogen-bond donors (Lipinski definition) is 2. The minimum absolute atomic E-state index is 0. The van der Waals surface area contributed by atoms with E-state index in [4.69, 9.17) is 11.1 Å². The molecule has 0 aliphatic rings. The molecule has 0 amide bonds. The average molecular weight is 153 g/mol. The maximum Gasteiger partial charge on any atom is 0.278 e. The van der Waals surface area contributed by atoms with Crippen LogP contribution >= 0.6 is 12.4 Å².